The molecule has 3 aromatic rings. The van der Waals surface area contributed by atoms with Gasteiger partial charge in [-0.2, -0.15) is 0 Å². The van der Waals surface area contributed by atoms with E-state index in [1.54, 1.807) is 7.11 Å². The molecule has 3 atom stereocenters. The first-order valence-corrected chi connectivity index (χ1v) is 14.0. The molecule has 0 aromatic heterocycles. The number of benzene rings is 3. The zero-order chi connectivity index (χ0) is 24.2. The molecular formula is C29H37NO3Si. The van der Waals surface area contributed by atoms with Crippen molar-refractivity contribution >= 4 is 24.4 Å². The summed E-state index contributed by atoms with van der Waals surface area (Å²) in [6.07, 6.45) is 0.636. The number of aliphatic hydroxyl groups excluding tert-OH is 1. The lowest BCUT2D eigenvalue weighted by molar-refractivity contribution is -0.0201. The fraction of sp³-hybridized carbons (Fsp3) is 0.379. The Labute approximate surface area is 205 Å². The van der Waals surface area contributed by atoms with Crippen molar-refractivity contribution < 1.29 is 14.3 Å². The van der Waals surface area contributed by atoms with Gasteiger partial charge in [0.2, 0.25) is 0 Å². The molecule has 4 rings (SSSR count). The first-order chi connectivity index (χ1) is 16.3. The van der Waals surface area contributed by atoms with Gasteiger partial charge in [0.25, 0.3) is 8.32 Å². The van der Waals surface area contributed by atoms with E-state index in [2.05, 4.69) is 86.8 Å². The summed E-state index contributed by atoms with van der Waals surface area (Å²) < 4.78 is 12.9. The first kappa shape index (κ1) is 24.7. The lowest BCUT2D eigenvalue weighted by Crippen LogP contribution is -2.68. The van der Waals surface area contributed by atoms with Crippen LogP contribution in [0.15, 0.2) is 91.0 Å². The summed E-state index contributed by atoms with van der Waals surface area (Å²) in [5.41, 5.74) is 0.332. The van der Waals surface area contributed by atoms with E-state index in [0.29, 0.717) is 6.61 Å². The predicted octanol–water partition coefficient (Wildman–Crippen LogP) is 4.58. The number of ether oxygens (including phenoxy) is 1. The van der Waals surface area contributed by atoms with Gasteiger partial charge in [0.1, 0.15) is 6.10 Å². The monoisotopic (exact) mass is 475 g/mol. The summed E-state index contributed by atoms with van der Waals surface area (Å²) in [4.78, 5) is 0. The van der Waals surface area contributed by atoms with Gasteiger partial charge < -0.3 is 19.6 Å². The fourth-order valence-corrected chi connectivity index (χ4v) is 10.1. The van der Waals surface area contributed by atoms with Gasteiger partial charge in [0.05, 0.1) is 18.2 Å². The maximum absolute atomic E-state index is 11.4. The molecular weight excluding hydrogens is 438 g/mol. The Hall–Kier alpha value is -2.44. The molecule has 0 bridgehead atoms. The summed E-state index contributed by atoms with van der Waals surface area (Å²) in [6, 6.07) is 31.4. The lowest BCUT2D eigenvalue weighted by atomic mass is 9.95. The second-order valence-corrected chi connectivity index (χ2v) is 14.7. The Balaban J connectivity index is 1.79. The van der Waals surface area contributed by atoms with Crippen molar-refractivity contribution in [2.75, 3.05) is 19.0 Å². The summed E-state index contributed by atoms with van der Waals surface area (Å²) in [5, 5.41) is 17.5. The number of methoxy groups -OCH3 is 1. The maximum atomic E-state index is 11.4. The minimum Gasteiger partial charge on any atom is -0.405 e. The molecule has 0 heterocycles. The van der Waals surface area contributed by atoms with Crippen molar-refractivity contribution in [3.63, 3.8) is 0 Å². The SMILES string of the molecule is CO[C@@H]1CC[C@](CO[Si](c2ccccc2)(c2ccccc2)C(C)(C)C)(Nc2ccccc2)[C@H]1O. The molecule has 4 nitrogen and oxygen atoms in total. The van der Waals surface area contributed by atoms with E-state index in [1.165, 1.54) is 10.4 Å². The Morgan fingerprint density at radius 2 is 1.38 bits per heavy atom. The molecule has 0 amide bonds. The largest absolute Gasteiger partial charge is 0.405 e. The standard InChI is InChI=1S/C29H37NO3Si/c1-28(2,3)34(24-16-10-6-11-17-24,25-18-12-7-13-19-25)33-22-29(21-20-26(32-4)27(29)31)30-23-14-8-5-9-15-23/h5-19,26-27,30-31H,20-22H2,1-4H3/t26-,27+,29-/m1/s1. The van der Waals surface area contributed by atoms with Crippen LogP contribution >= 0.6 is 0 Å². The quantitative estimate of drug-likeness (QED) is 0.468. The average Bonchev–Trinajstić information content (AvgIpc) is 3.15. The van der Waals surface area contributed by atoms with Crippen LogP contribution in [0.2, 0.25) is 5.04 Å². The highest BCUT2D eigenvalue weighted by Gasteiger charge is 2.54. The van der Waals surface area contributed by atoms with Gasteiger partial charge in [-0.3, -0.25) is 0 Å². The Bertz CT molecular complexity index is 1000. The maximum Gasteiger partial charge on any atom is 0.261 e. The first-order valence-electron chi connectivity index (χ1n) is 12.1. The van der Waals surface area contributed by atoms with Crippen LogP contribution in [-0.2, 0) is 9.16 Å². The summed E-state index contributed by atoms with van der Waals surface area (Å²) in [7, 11) is -1.06. The van der Waals surface area contributed by atoms with Gasteiger partial charge in [-0.1, -0.05) is 99.6 Å². The molecule has 180 valence electrons. The van der Waals surface area contributed by atoms with Gasteiger partial charge in [0.15, 0.2) is 0 Å². The fourth-order valence-electron chi connectivity index (χ4n) is 5.45. The minimum atomic E-state index is -2.73. The number of aliphatic hydroxyl groups is 1. The third kappa shape index (κ3) is 4.58. The molecule has 1 aliphatic carbocycles. The van der Waals surface area contributed by atoms with E-state index < -0.39 is 20.0 Å². The molecule has 0 aliphatic heterocycles. The summed E-state index contributed by atoms with van der Waals surface area (Å²) >= 11 is 0. The van der Waals surface area contributed by atoms with Crippen LogP contribution in [0.25, 0.3) is 0 Å². The molecule has 1 aliphatic rings. The molecule has 34 heavy (non-hydrogen) atoms. The van der Waals surface area contributed by atoms with E-state index in [-0.39, 0.29) is 11.1 Å². The number of anilines is 1. The van der Waals surface area contributed by atoms with E-state index in [1.807, 2.05) is 30.3 Å². The van der Waals surface area contributed by atoms with E-state index in [9.17, 15) is 5.11 Å². The zero-order valence-electron chi connectivity index (χ0n) is 20.7. The second-order valence-electron chi connectivity index (χ2n) is 10.4. The van der Waals surface area contributed by atoms with Crippen LogP contribution in [0.5, 0.6) is 0 Å². The topological polar surface area (TPSA) is 50.7 Å². The van der Waals surface area contributed by atoms with E-state index in [4.69, 9.17) is 9.16 Å². The number of hydrogen-bond acceptors (Lipinski definition) is 4. The zero-order valence-corrected chi connectivity index (χ0v) is 21.7. The van der Waals surface area contributed by atoms with Crippen molar-refractivity contribution in [2.24, 2.45) is 0 Å². The van der Waals surface area contributed by atoms with Crippen LogP contribution < -0.4 is 15.7 Å². The molecule has 5 heteroatoms. The summed E-state index contributed by atoms with van der Waals surface area (Å²) in [6.45, 7) is 7.22. The highest BCUT2D eigenvalue weighted by molar-refractivity contribution is 6.99. The highest BCUT2D eigenvalue weighted by Crippen LogP contribution is 2.40. The van der Waals surface area contributed by atoms with Gasteiger partial charge in [0, 0.05) is 12.8 Å². The van der Waals surface area contributed by atoms with Crippen molar-refractivity contribution in [1.82, 2.24) is 0 Å². The molecule has 0 radical (unpaired) electrons. The Kier molecular flexibility index (Phi) is 7.29. The number of rotatable bonds is 8. The van der Waals surface area contributed by atoms with Crippen LogP contribution in [0, 0.1) is 0 Å². The molecule has 1 fully saturated rings. The van der Waals surface area contributed by atoms with Crippen LogP contribution in [0.1, 0.15) is 33.6 Å². The van der Waals surface area contributed by atoms with Crippen LogP contribution in [0.4, 0.5) is 5.69 Å². The molecule has 0 spiro atoms. The van der Waals surface area contributed by atoms with Crippen molar-refractivity contribution in [1.29, 1.82) is 0 Å². The third-order valence-corrected chi connectivity index (χ3v) is 12.2. The third-order valence-electron chi connectivity index (χ3n) is 7.23. The normalized spacial score (nSPS) is 23.1. The molecule has 0 unspecified atom stereocenters. The van der Waals surface area contributed by atoms with Crippen molar-refractivity contribution in [3.8, 4) is 0 Å². The minimum absolute atomic E-state index is 0.131. The molecule has 2 N–H and O–H groups in total. The molecule has 1 saturated carbocycles. The summed E-state index contributed by atoms with van der Waals surface area (Å²) in [5.74, 6) is 0. The van der Waals surface area contributed by atoms with Crippen LogP contribution in [0.3, 0.4) is 0 Å². The van der Waals surface area contributed by atoms with Gasteiger partial charge in [-0.05, 0) is 40.4 Å². The van der Waals surface area contributed by atoms with E-state index >= 15 is 0 Å². The highest BCUT2D eigenvalue weighted by atomic mass is 28.4. The number of para-hydroxylation sites is 1. The van der Waals surface area contributed by atoms with Crippen LogP contribution in [-0.4, -0.2) is 44.9 Å². The Morgan fingerprint density at radius 3 is 1.82 bits per heavy atom. The lowest BCUT2D eigenvalue weighted by Gasteiger charge is -2.46. The second kappa shape index (κ2) is 10.0. The van der Waals surface area contributed by atoms with Crippen molar-refractivity contribution in [3.05, 3.63) is 91.0 Å². The van der Waals surface area contributed by atoms with Crippen molar-refractivity contribution in [2.45, 2.75) is 56.4 Å². The smallest absolute Gasteiger partial charge is 0.261 e. The van der Waals surface area contributed by atoms with E-state index in [0.717, 1.165) is 18.5 Å². The number of nitrogens with one attached hydrogen (secondary N) is 1. The molecule has 3 aromatic carbocycles. The number of hydrogen-bond donors (Lipinski definition) is 2. The van der Waals surface area contributed by atoms with Gasteiger partial charge in [-0.25, -0.2) is 0 Å². The Morgan fingerprint density at radius 1 is 0.882 bits per heavy atom. The van der Waals surface area contributed by atoms with Gasteiger partial charge >= 0.3 is 0 Å². The average molecular weight is 476 g/mol. The molecule has 0 saturated heterocycles. The van der Waals surface area contributed by atoms with Gasteiger partial charge in [-0.15, -0.1) is 0 Å². The predicted molar refractivity (Wildman–Crippen MR) is 142 cm³/mol.